The van der Waals surface area contributed by atoms with Crippen molar-refractivity contribution in [3.8, 4) is 16.9 Å². The standard InChI is InChI=1S/C39H49N5O4S/c1-5-7-21-47-22-23-48-35-12-8-30(9-13-35)31-10-14-36-33(24-31)25-32(16-19-44(36)27-29(3)4)39(45)42-34-11-15-38(41-26-34)49(46)28-37-40-17-20-43(37)18-6-2/h8-15,17,20,24-26,29H,5-7,16,18-19,21-23,27-28H2,1-4H3,(H,42,45). The number of rotatable bonds is 17. The SMILES string of the molecule is CCCCOCCOc1ccc(-c2ccc3c(c2)C=C(C(=O)Nc2ccc(S(=O)Cc4nccn4CCC)nc2)CCN3CC(C)C)cc1. The Kier molecular flexibility index (Phi) is 13.2. The zero-order chi connectivity index (χ0) is 34.6. The minimum atomic E-state index is -1.35. The number of ether oxygens (including phenoxy) is 2. The summed E-state index contributed by atoms with van der Waals surface area (Å²) in [5, 5.41) is 3.48. The number of pyridine rings is 1. The van der Waals surface area contributed by atoms with Crippen molar-refractivity contribution >= 4 is 34.2 Å². The minimum Gasteiger partial charge on any atom is -0.491 e. The van der Waals surface area contributed by atoms with Gasteiger partial charge in [-0.2, -0.15) is 0 Å². The fourth-order valence-electron chi connectivity index (χ4n) is 5.81. The number of aromatic nitrogens is 3. The molecule has 1 unspecified atom stereocenters. The summed E-state index contributed by atoms with van der Waals surface area (Å²) < 4.78 is 26.5. The summed E-state index contributed by atoms with van der Waals surface area (Å²) >= 11 is 0. The summed E-state index contributed by atoms with van der Waals surface area (Å²) in [4.78, 5) is 24.8. The molecule has 1 atom stereocenters. The molecule has 49 heavy (non-hydrogen) atoms. The molecule has 0 radical (unpaired) electrons. The van der Waals surface area contributed by atoms with Crippen LogP contribution in [0.1, 0.15) is 64.8 Å². The lowest BCUT2D eigenvalue weighted by atomic mass is 10.00. The van der Waals surface area contributed by atoms with Crippen LogP contribution in [0, 0.1) is 5.92 Å². The van der Waals surface area contributed by atoms with Gasteiger partial charge in [0, 0.05) is 49.9 Å². The number of hydrogen-bond donors (Lipinski definition) is 1. The highest BCUT2D eigenvalue weighted by atomic mass is 32.2. The van der Waals surface area contributed by atoms with Crippen molar-refractivity contribution in [2.24, 2.45) is 5.92 Å². The van der Waals surface area contributed by atoms with E-state index in [2.05, 4.69) is 78.2 Å². The maximum absolute atomic E-state index is 13.6. The first-order chi connectivity index (χ1) is 23.8. The lowest BCUT2D eigenvalue weighted by Crippen LogP contribution is -2.29. The molecule has 4 aromatic rings. The number of carbonyl (C=O) groups excluding carboxylic acids is 1. The van der Waals surface area contributed by atoms with E-state index in [1.165, 1.54) is 0 Å². The van der Waals surface area contributed by atoms with Gasteiger partial charge in [-0.1, -0.05) is 52.3 Å². The van der Waals surface area contributed by atoms with Crippen LogP contribution in [-0.4, -0.2) is 57.6 Å². The van der Waals surface area contributed by atoms with E-state index < -0.39 is 10.8 Å². The smallest absolute Gasteiger partial charge is 0.251 e. The third kappa shape index (κ3) is 10.1. The van der Waals surface area contributed by atoms with Gasteiger partial charge in [0.1, 0.15) is 23.2 Å². The van der Waals surface area contributed by atoms with Crippen LogP contribution >= 0.6 is 0 Å². The summed E-state index contributed by atoms with van der Waals surface area (Å²) in [6, 6.07) is 18.1. The Morgan fingerprint density at radius 1 is 0.980 bits per heavy atom. The van der Waals surface area contributed by atoms with E-state index in [0.717, 1.165) is 79.5 Å². The molecule has 10 heteroatoms. The number of fused-ring (bicyclic) bond motifs is 1. The predicted octanol–water partition coefficient (Wildman–Crippen LogP) is 7.75. The molecule has 0 bridgehead atoms. The maximum atomic E-state index is 13.6. The van der Waals surface area contributed by atoms with Crippen LogP contribution < -0.4 is 15.0 Å². The zero-order valence-electron chi connectivity index (χ0n) is 29.2. The van der Waals surface area contributed by atoms with E-state index in [4.69, 9.17) is 9.47 Å². The molecular formula is C39H49N5O4S. The fraction of sp³-hybridized carbons (Fsp3) is 0.410. The Labute approximate surface area is 293 Å². The van der Waals surface area contributed by atoms with Crippen molar-refractivity contribution in [3.05, 3.63) is 90.1 Å². The number of nitrogens with one attached hydrogen (secondary N) is 1. The van der Waals surface area contributed by atoms with Gasteiger partial charge in [0.2, 0.25) is 0 Å². The molecule has 0 saturated heterocycles. The van der Waals surface area contributed by atoms with Gasteiger partial charge in [0.25, 0.3) is 5.91 Å². The summed E-state index contributed by atoms with van der Waals surface area (Å²) in [6.45, 7) is 13.0. The molecule has 5 rings (SSSR count). The number of benzene rings is 2. The predicted molar refractivity (Wildman–Crippen MR) is 198 cm³/mol. The number of amides is 1. The fourth-order valence-corrected chi connectivity index (χ4v) is 6.82. The molecular weight excluding hydrogens is 635 g/mol. The van der Waals surface area contributed by atoms with Crippen molar-refractivity contribution < 1.29 is 18.5 Å². The van der Waals surface area contributed by atoms with Crippen LogP contribution in [0.5, 0.6) is 5.75 Å². The van der Waals surface area contributed by atoms with Gasteiger partial charge in [-0.25, -0.2) is 9.97 Å². The first-order valence-electron chi connectivity index (χ1n) is 17.4. The van der Waals surface area contributed by atoms with Crippen molar-refractivity contribution in [2.75, 3.05) is 43.1 Å². The van der Waals surface area contributed by atoms with Crippen molar-refractivity contribution in [2.45, 2.75) is 70.7 Å². The first-order valence-corrected chi connectivity index (χ1v) is 18.7. The van der Waals surface area contributed by atoms with Gasteiger partial charge in [0.05, 0.1) is 35.0 Å². The average molecular weight is 684 g/mol. The second-order valence-corrected chi connectivity index (χ2v) is 14.1. The Morgan fingerprint density at radius 3 is 2.53 bits per heavy atom. The molecule has 1 amide bonds. The second kappa shape index (κ2) is 17.9. The van der Waals surface area contributed by atoms with Gasteiger partial charge < -0.3 is 24.3 Å². The van der Waals surface area contributed by atoms with Crippen LogP contribution in [0.15, 0.2) is 83.8 Å². The highest BCUT2D eigenvalue weighted by Gasteiger charge is 2.21. The van der Waals surface area contributed by atoms with Crippen LogP contribution in [-0.2, 0) is 32.6 Å². The van der Waals surface area contributed by atoms with Crippen LogP contribution in [0.2, 0.25) is 0 Å². The van der Waals surface area contributed by atoms with Crippen LogP contribution in [0.3, 0.4) is 0 Å². The zero-order valence-corrected chi connectivity index (χ0v) is 30.0. The quantitative estimate of drug-likeness (QED) is 0.114. The number of anilines is 2. The first kappa shape index (κ1) is 36.0. The third-order valence-corrected chi connectivity index (χ3v) is 9.53. The summed E-state index contributed by atoms with van der Waals surface area (Å²) in [5.74, 6) is 2.18. The van der Waals surface area contributed by atoms with E-state index in [-0.39, 0.29) is 5.91 Å². The molecule has 1 N–H and O–H groups in total. The molecule has 1 aliphatic heterocycles. The number of hydrogen-bond acceptors (Lipinski definition) is 7. The molecule has 9 nitrogen and oxygen atoms in total. The Hall–Kier alpha value is -4.28. The second-order valence-electron chi connectivity index (χ2n) is 12.7. The molecule has 1 aliphatic rings. The van der Waals surface area contributed by atoms with Crippen LogP contribution in [0.25, 0.3) is 17.2 Å². The van der Waals surface area contributed by atoms with Gasteiger partial charge in [-0.05, 0) is 84.3 Å². The average Bonchev–Trinajstić information content (AvgIpc) is 3.45. The lowest BCUT2D eigenvalue weighted by Gasteiger charge is -2.27. The molecule has 2 aromatic heterocycles. The van der Waals surface area contributed by atoms with Crippen molar-refractivity contribution in [1.82, 2.24) is 14.5 Å². The van der Waals surface area contributed by atoms with E-state index in [9.17, 15) is 9.00 Å². The van der Waals surface area contributed by atoms with E-state index in [1.54, 1.807) is 24.5 Å². The highest BCUT2D eigenvalue weighted by molar-refractivity contribution is 7.84. The molecule has 2 aromatic carbocycles. The van der Waals surface area contributed by atoms with Crippen molar-refractivity contribution in [1.29, 1.82) is 0 Å². The number of unbranched alkanes of at least 4 members (excludes halogenated alkanes) is 1. The number of carbonyl (C=O) groups is 1. The topological polar surface area (TPSA) is 98.6 Å². The monoisotopic (exact) mass is 683 g/mol. The van der Waals surface area contributed by atoms with E-state index >= 15 is 0 Å². The summed E-state index contributed by atoms with van der Waals surface area (Å²) in [5.41, 5.74) is 5.54. The third-order valence-electron chi connectivity index (χ3n) is 8.31. The van der Waals surface area contributed by atoms with Gasteiger partial charge in [-0.15, -0.1) is 0 Å². The Balaban J connectivity index is 1.28. The van der Waals surface area contributed by atoms with Gasteiger partial charge >= 0.3 is 0 Å². The minimum absolute atomic E-state index is 0.166. The highest BCUT2D eigenvalue weighted by Crippen LogP contribution is 2.34. The van der Waals surface area contributed by atoms with Crippen molar-refractivity contribution in [3.63, 3.8) is 0 Å². The van der Waals surface area contributed by atoms with Crippen LogP contribution in [0.4, 0.5) is 11.4 Å². The van der Waals surface area contributed by atoms with Gasteiger partial charge in [0.15, 0.2) is 0 Å². The lowest BCUT2D eigenvalue weighted by molar-refractivity contribution is -0.112. The Bertz CT molecular complexity index is 1720. The number of aryl methyl sites for hydroxylation is 1. The van der Waals surface area contributed by atoms with E-state index in [1.807, 2.05) is 29.0 Å². The normalized spacial score (nSPS) is 13.5. The number of imidazole rings is 1. The largest absolute Gasteiger partial charge is 0.491 e. The Morgan fingerprint density at radius 2 is 1.80 bits per heavy atom. The molecule has 0 aliphatic carbocycles. The van der Waals surface area contributed by atoms with Gasteiger partial charge in [-0.3, -0.25) is 9.00 Å². The molecule has 0 spiro atoms. The summed E-state index contributed by atoms with van der Waals surface area (Å²) in [6.07, 6.45) is 11.0. The molecule has 3 heterocycles. The maximum Gasteiger partial charge on any atom is 0.251 e. The molecule has 0 saturated carbocycles. The summed E-state index contributed by atoms with van der Waals surface area (Å²) in [7, 11) is -1.35. The van der Waals surface area contributed by atoms with E-state index in [0.29, 0.717) is 47.6 Å². The molecule has 0 fully saturated rings. The number of nitrogens with zero attached hydrogens (tertiary/aromatic N) is 4. The molecule has 260 valence electrons.